The fourth-order valence-corrected chi connectivity index (χ4v) is 3.97. The second kappa shape index (κ2) is 7.79. The van der Waals surface area contributed by atoms with Gasteiger partial charge in [-0.05, 0) is 44.1 Å². The SMILES string of the molecule is CCOC(=O)[C@H](NC(=O)CC1CC2CCC(C1)N2)c1ccccc1. The summed E-state index contributed by atoms with van der Waals surface area (Å²) in [6, 6.07) is 9.69. The molecule has 5 nitrogen and oxygen atoms in total. The summed E-state index contributed by atoms with van der Waals surface area (Å²) >= 11 is 0. The van der Waals surface area contributed by atoms with Crippen LogP contribution in [-0.4, -0.2) is 30.6 Å². The van der Waals surface area contributed by atoms with Gasteiger partial charge in [-0.3, -0.25) is 4.79 Å². The second-order valence-corrected chi connectivity index (χ2v) is 6.84. The van der Waals surface area contributed by atoms with Crippen LogP contribution in [0.1, 0.15) is 50.6 Å². The Kier molecular flexibility index (Phi) is 5.51. The van der Waals surface area contributed by atoms with Gasteiger partial charge in [-0.25, -0.2) is 4.79 Å². The number of hydrogen-bond donors (Lipinski definition) is 2. The largest absolute Gasteiger partial charge is 0.464 e. The molecule has 0 radical (unpaired) electrons. The van der Waals surface area contributed by atoms with Crippen molar-refractivity contribution in [1.29, 1.82) is 0 Å². The third-order valence-electron chi connectivity index (χ3n) is 5.01. The number of fused-ring (bicyclic) bond motifs is 2. The molecule has 2 unspecified atom stereocenters. The fourth-order valence-electron chi connectivity index (χ4n) is 3.97. The molecule has 2 N–H and O–H groups in total. The zero-order valence-corrected chi connectivity index (χ0v) is 14.2. The number of benzene rings is 1. The second-order valence-electron chi connectivity index (χ2n) is 6.84. The van der Waals surface area contributed by atoms with Gasteiger partial charge >= 0.3 is 5.97 Å². The number of carbonyl (C=O) groups excluding carboxylic acids is 2. The first-order valence-corrected chi connectivity index (χ1v) is 8.92. The van der Waals surface area contributed by atoms with Gasteiger partial charge in [0.2, 0.25) is 5.91 Å². The number of rotatable bonds is 6. The maximum absolute atomic E-state index is 12.5. The maximum atomic E-state index is 12.5. The average molecular weight is 330 g/mol. The number of ether oxygens (including phenoxy) is 1. The van der Waals surface area contributed by atoms with E-state index in [1.165, 1.54) is 12.8 Å². The van der Waals surface area contributed by atoms with E-state index in [1.807, 2.05) is 30.3 Å². The van der Waals surface area contributed by atoms with Crippen molar-refractivity contribution in [1.82, 2.24) is 10.6 Å². The molecule has 2 heterocycles. The molecule has 2 saturated heterocycles. The first-order chi connectivity index (χ1) is 11.7. The van der Waals surface area contributed by atoms with E-state index in [9.17, 15) is 9.59 Å². The van der Waals surface area contributed by atoms with Crippen molar-refractivity contribution in [2.75, 3.05) is 6.61 Å². The standard InChI is InChI=1S/C19H26N2O3/c1-2-24-19(23)18(14-6-4-3-5-7-14)21-17(22)12-13-10-15-8-9-16(11-13)20-15/h3-7,13,15-16,18,20H,2,8-12H2,1H3,(H,21,22)/t13?,15?,16?,18-/m1/s1. The topological polar surface area (TPSA) is 67.4 Å². The quantitative estimate of drug-likeness (QED) is 0.786. The molecule has 0 spiro atoms. The lowest BCUT2D eigenvalue weighted by Gasteiger charge is -2.29. The zero-order chi connectivity index (χ0) is 16.9. The fraction of sp³-hybridized carbons (Fsp3) is 0.579. The van der Waals surface area contributed by atoms with Crippen molar-refractivity contribution in [3.63, 3.8) is 0 Å². The highest BCUT2D eigenvalue weighted by Crippen LogP contribution is 2.32. The van der Waals surface area contributed by atoms with E-state index in [0.717, 1.165) is 18.4 Å². The van der Waals surface area contributed by atoms with E-state index < -0.39 is 12.0 Å². The first kappa shape index (κ1) is 17.0. The number of hydrogen-bond acceptors (Lipinski definition) is 4. The van der Waals surface area contributed by atoms with Crippen molar-refractivity contribution in [2.45, 2.75) is 57.2 Å². The lowest BCUT2D eigenvalue weighted by molar-refractivity contribution is -0.147. The van der Waals surface area contributed by atoms with Gasteiger partial charge in [-0.15, -0.1) is 0 Å². The summed E-state index contributed by atoms with van der Waals surface area (Å²) < 4.78 is 5.13. The van der Waals surface area contributed by atoms with Gasteiger partial charge in [0.25, 0.3) is 0 Å². The minimum Gasteiger partial charge on any atom is -0.464 e. The van der Waals surface area contributed by atoms with E-state index in [2.05, 4.69) is 10.6 Å². The Labute approximate surface area is 143 Å². The molecular formula is C19H26N2O3. The van der Waals surface area contributed by atoms with Crippen molar-refractivity contribution in [2.24, 2.45) is 5.92 Å². The molecular weight excluding hydrogens is 304 g/mol. The summed E-state index contributed by atoms with van der Waals surface area (Å²) in [5.41, 5.74) is 0.759. The van der Waals surface area contributed by atoms with Crippen molar-refractivity contribution < 1.29 is 14.3 Å². The molecule has 1 aromatic rings. The van der Waals surface area contributed by atoms with Crippen LogP contribution in [-0.2, 0) is 14.3 Å². The Morgan fingerprint density at radius 3 is 2.50 bits per heavy atom. The number of carbonyl (C=O) groups is 2. The normalized spacial score (nSPS) is 26.6. The Balaban J connectivity index is 1.61. The number of esters is 1. The molecule has 0 aromatic heterocycles. The Morgan fingerprint density at radius 2 is 1.88 bits per heavy atom. The lowest BCUT2D eigenvalue weighted by Crippen LogP contribution is -2.41. The molecule has 1 amide bonds. The number of amides is 1. The predicted octanol–water partition coefficient (Wildman–Crippen LogP) is 2.33. The summed E-state index contributed by atoms with van der Waals surface area (Å²) in [5, 5.41) is 6.47. The molecule has 2 fully saturated rings. The van der Waals surface area contributed by atoms with E-state index in [0.29, 0.717) is 31.0 Å². The number of piperidine rings is 1. The number of nitrogens with one attached hydrogen (secondary N) is 2. The third kappa shape index (κ3) is 4.15. The molecule has 3 atom stereocenters. The van der Waals surface area contributed by atoms with Crippen LogP contribution in [0.3, 0.4) is 0 Å². The van der Waals surface area contributed by atoms with Crippen molar-refractivity contribution in [3.05, 3.63) is 35.9 Å². The molecule has 2 bridgehead atoms. The van der Waals surface area contributed by atoms with Crippen LogP contribution in [0.5, 0.6) is 0 Å². The summed E-state index contributed by atoms with van der Waals surface area (Å²) in [4.78, 5) is 24.7. The van der Waals surface area contributed by atoms with Crippen LogP contribution < -0.4 is 10.6 Å². The van der Waals surface area contributed by atoms with Gasteiger partial charge in [-0.2, -0.15) is 0 Å². The van der Waals surface area contributed by atoms with Crippen LogP contribution in [0.4, 0.5) is 0 Å². The molecule has 3 rings (SSSR count). The molecule has 2 aliphatic rings. The average Bonchev–Trinajstić information content (AvgIpc) is 2.92. The zero-order valence-electron chi connectivity index (χ0n) is 14.2. The van der Waals surface area contributed by atoms with Crippen LogP contribution in [0.25, 0.3) is 0 Å². The van der Waals surface area contributed by atoms with E-state index in [4.69, 9.17) is 4.74 Å². The first-order valence-electron chi connectivity index (χ1n) is 8.92. The van der Waals surface area contributed by atoms with Crippen LogP contribution >= 0.6 is 0 Å². The third-order valence-corrected chi connectivity index (χ3v) is 5.01. The predicted molar refractivity (Wildman–Crippen MR) is 91.2 cm³/mol. The molecule has 130 valence electrons. The Bertz CT molecular complexity index is 563. The van der Waals surface area contributed by atoms with Gasteiger partial charge < -0.3 is 15.4 Å². The Morgan fingerprint density at radius 1 is 1.21 bits per heavy atom. The van der Waals surface area contributed by atoms with Gasteiger partial charge in [0.05, 0.1) is 6.61 Å². The molecule has 24 heavy (non-hydrogen) atoms. The van der Waals surface area contributed by atoms with E-state index in [1.54, 1.807) is 6.92 Å². The molecule has 2 aliphatic heterocycles. The minimum atomic E-state index is -0.725. The van der Waals surface area contributed by atoms with Gasteiger partial charge in [-0.1, -0.05) is 30.3 Å². The lowest BCUT2D eigenvalue weighted by atomic mass is 9.89. The van der Waals surface area contributed by atoms with Gasteiger partial charge in [0, 0.05) is 18.5 Å². The summed E-state index contributed by atoms with van der Waals surface area (Å²) in [5.74, 6) is -0.0620. The highest BCUT2D eigenvalue weighted by molar-refractivity contribution is 5.85. The van der Waals surface area contributed by atoms with E-state index >= 15 is 0 Å². The molecule has 1 aromatic carbocycles. The van der Waals surface area contributed by atoms with Gasteiger partial charge in [0.15, 0.2) is 6.04 Å². The van der Waals surface area contributed by atoms with Gasteiger partial charge in [0.1, 0.15) is 0 Å². The van der Waals surface area contributed by atoms with Crippen molar-refractivity contribution in [3.8, 4) is 0 Å². The van der Waals surface area contributed by atoms with Crippen LogP contribution in [0, 0.1) is 5.92 Å². The summed E-state index contributed by atoms with van der Waals surface area (Å²) in [7, 11) is 0. The monoisotopic (exact) mass is 330 g/mol. The van der Waals surface area contributed by atoms with Crippen molar-refractivity contribution >= 4 is 11.9 Å². The minimum absolute atomic E-state index is 0.0665. The highest BCUT2D eigenvalue weighted by Gasteiger charge is 2.34. The van der Waals surface area contributed by atoms with E-state index in [-0.39, 0.29) is 5.91 Å². The molecule has 0 aliphatic carbocycles. The smallest absolute Gasteiger partial charge is 0.333 e. The highest BCUT2D eigenvalue weighted by atomic mass is 16.5. The summed E-state index contributed by atoms with van der Waals surface area (Å²) in [6.07, 6.45) is 5.03. The summed E-state index contributed by atoms with van der Waals surface area (Å²) in [6.45, 7) is 2.07. The Hall–Kier alpha value is -1.88. The van der Waals surface area contributed by atoms with Crippen LogP contribution in [0.2, 0.25) is 0 Å². The molecule has 5 heteroatoms. The van der Waals surface area contributed by atoms with Crippen LogP contribution in [0.15, 0.2) is 30.3 Å². The molecule has 0 saturated carbocycles. The maximum Gasteiger partial charge on any atom is 0.333 e.